The van der Waals surface area contributed by atoms with E-state index in [4.69, 9.17) is 4.52 Å². The van der Waals surface area contributed by atoms with Crippen LogP contribution in [0.1, 0.15) is 12.3 Å². The summed E-state index contributed by atoms with van der Waals surface area (Å²) in [6.45, 7) is 2.26. The highest BCUT2D eigenvalue weighted by atomic mass is 79.9. The first kappa shape index (κ1) is 12.7. The van der Waals surface area contributed by atoms with Gasteiger partial charge in [0.15, 0.2) is 0 Å². The summed E-state index contributed by atoms with van der Waals surface area (Å²) in [5.41, 5.74) is 0.868. The van der Waals surface area contributed by atoms with Crippen LogP contribution in [0.2, 0.25) is 0 Å². The Balaban J connectivity index is 1.73. The molecule has 3 heterocycles. The van der Waals surface area contributed by atoms with Crippen molar-refractivity contribution in [3.05, 3.63) is 28.8 Å². The molecule has 19 heavy (non-hydrogen) atoms. The van der Waals surface area contributed by atoms with Crippen molar-refractivity contribution in [3.63, 3.8) is 0 Å². The molecule has 0 amide bonds. The van der Waals surface area contributed by atoms with Crippen molar-refractivity contribution in [3.8, 4) is 11.4 Å². The first-order valence-electron chi connectivity index (χ1n) is 6.33. The molecule has 5 nitrogen and oxygen atoms in total. The second-order valence-electron chi connectivity index (χ2n) is 5.02. The van der Waals surface area contributed by atoms with Gasteiger partial charge in [0.1, 0.15) is 0 Å². The van der Waals surface area contributed by atoms with Gasteiger partial charge in [0.2, 0.25) is 11.7 Å². The Morgan fingerprint density at radius 2 is 2.37 bits per heavy atom. The zero-order valence-corrected chi connectivity index (χ0v) is 12.3. The van der Waals surface area contributed by atoms with Crippen LogP contribution in [0.25, 0.3) is 11.4 Å². The molecule has 0 N–H and O–H groups in total. The van der Waals surface area contributed by atoms with E-state index >= 15 is 0 Å². The lowest BCUT2D eigenvalue weighted by atomic mass is 10.1. The number of rotatable bonds is 3. The van der Waals surface area contributed by atoms with E-state index < -0.39 is 0 Å². The number of nitrogens with zero attached hydrogens (tertiary/aromatic N) is 4. The lowest BCUT2D eigenvalue weighted by Crippen LogP contribution is -2.15. The highest BCUT2D eigenvalue weighted by Gasteiger charge is 2.22. The number of hydrogen-bond donors (Lipinski definition) is 0. The molecule has 1 aliphatic heterocycles. The van der Waals surface area contributed by atoms with Gasteiger partial charge < -0.3 is 9.42 Å². The van der Waals surface area contributed by atoms with Crippen LogP contribution in [0, 0.1) is 5.92 Å². The second kappa shape index (κ2) is 5.38. The predicted molar refractivity (Wildman–Crippen MR) is 74.5 cm³/mol. The average molecular weight is 323 g/mol. The van der Waals surface area contributed by atoms with Crippen molar-refractivity contribution in [2.45, 2.75) is 12.8 Å². The molecule has 1 atom stereocenters. The van der Waals surface area contributed by atoms with E-state index in [1.54, 1.807) is 12.4 Å². The van der Waals surface area contributed by atoms with Gasteiger partial charge >= 0.3 is 0 Å². The van der Waals surface area contributed by atoms with Crippen molar-refractivity contribution in [1.82, 2.24) is 20.0 Å². The quantitative estimate of drug-likeness (QED) is 0.868. The Kier molecular flexibility index (Phi) is 3.61. The van der Waals surface area contributed by atoms with Gasteiger partial charge in [-0.2, -0.15) is 4.98 Å². The minimum absolute atomic E-state index is 0.607. The first-order valence-corrected chi connectivity index (χ1v) is 7.12. The minimum atomic E-state index is 0.607. The summed E-state index contributed by atoms with van der Waals surface area (Å²) >= 11 is 3.39. The van der Waals surface area contributed by atoms with Crippen LogP contribution in [0.3, 0.4) is 0 Å². The number of likely N-dealkylation sites (tertiary alicyclic amines) is 1. The topological polar surface area (TPSA) is 55.1 Å². The van der Waals surface area contributed by atoms with E-state index in [0.717, 1.165) is 35.4 Å². The fraction of sp³-hybridized carbons (Fsp3) is 0.462. The molecule has 0 aromatic carbocycles. The van der Waals surface area contributed by atoms with Gasteiger partial charge in [-0.25, -0.2) is 0 Å². The third-order valence-electron chi connectivity index (χ3n) is 3.38. The molecule has 2 aromatic heterocycles. The zero-order valence-electron chi connectivity index (χ0n) is 10.7. The average Bonchev–Trinajstić information content (AvgIpc) is 2.99. The molecule has 2 aromatic rings. The molecule has 1 fully saturated rings. The fourth-order valence-electron chi connectivity index (χ4n) is 2.43. The third kappa shape index (κ3) is 3.01. The molecule has 0 radical (unpaired) electrons. The predicted octanol–water partition coefficient (Wildman–Crippen LogP) is 2.39. The summed E-state index contributed by atoms with van der Waals surface area (Å²) in [7, 11) is 2.15. The molecule has 100 valence electrons. The summed E-state index contributed by atoms with van der Waals surface area (Å²) in [5.74, 6) is 1.95. The highest BCUT2D eigenvalue weighted by molar-refractivity contribution is 9.10. The number of halogens is 1. The van der Waals surface area contributed by atoms with Crippen LogP contribution in [-0.2, 0) is 6.42 Å². The van der Waals surface area contributed by atoms with E-state index in [1.165, 1.54) is 6.42 Å². The van der Waals surface area contributed by atoms with Gasteiger partial charge in [-0.1, -0.05) is 5.16 Å². The van der Waals surface area contributed by atoms with E-state index in [9.17, 15) is 0 Å². The van der Waals surface area contributed by atoms with Crippen LogP contribution in [0.15, 0.2) is 27.5 Å². The molecule has 0 saturated carbocycles. The van der Waals surface area contributed by atoms with Crippen LogP contribution in [0.4, 0.5) is 0 Å². The molecular formula is C13H15BrN4O. The van der Waals surface area contributed by atoms with Crippen LogP contribution in [-0.4, -0.2) is 40.2 Å². The Morgan fingerprint density at radius 1 is 1.47 bits per heavy atom. The number of aromatic nitrogens is 3. The molecule has 3 rings (SSSR count). The summed E-state index contributed by atoms with van der Waals surface area (Å²) in [6.07, 6.45) is 5.53. The molecular weight excluding hydrogens is 308 g/mol. The van der Waals surface area contributed by atoms with Crippen LogP contribution in [0.5, 0.6) is 0 Å². The Morgan fingerprint density at radius 3 is 3.11 bits per heavy atom. The fourth-order valence-corrected chi connectivity index (χ4v) is 2.79. The Bertz CT molecular complexity index is 571. The second-order valence-corrected chi connectivity index (χ2v) is 5.94. The van der Waals surface area contributed by atoms with Gasteiger partial charge in [0.25, 0.3) is 0 Å². The van der Waals surface area contributed by atoms with Crippen molar-refractivity contribution < 1.29 is 4.52 Å². The lowest BCUT2D eigenvalue weighted by Gasteiger charge is -2.06. The van der Waals surface area contributed by atoms with Gasteiger partial charge in [0.05, 0.1) is 0 Å². The normalized spacial score (nSPS) is 20.0. The Hall–Kier alpha value is -1.27. The maximum absolute atomic E-state index is 5.33. The third-order valence-corrected chi connectivity index (χ3v) is 3.82. The summed E-state index contributed by atoms with van der Waals surface area (Å²) < 4.78 is 6.24. The van der Waals surface area contributed by atoms with Crippen LogP contribution < -0.4 is 0 Å². The van der Waals surface area contributed by atoms with E-state index in [2.05, 4.69) is 43.0 Å². The zero-order chi connectivity index (χ0) is 13.2. The highest BCUT2D eigenvalue weighted by Crippen LogP contribution is 2.22. The molecule has 6 heteroatoms. The van der Waals surface area contributed by atoms with Gasteiger partial charge in [-0.3, -0.25) is 4.98 Å². The van der Waals surface area contributed by atoms with Gasteiger partial charge in [-0.15, -0.1) is 0 Å². The van der Waals surface area contributed by atoms with Gasteiger partial charge in [0, 0.05) is 35.4 Å². The van der Waals surface area contributed by atoms with Crippen LogP contribution >= 0.6 is 15.9 Å². The molecule has 1 unspecified atom stereocenters. The van der Waals surface area contributed by atoms with E-state index in [1.807, 2.05) is 6.07 Å². The Labute approximate surface area is 120 Å². The monoisotopic (exact) mass is 322 g/mol. The maximum Gasteiger partial charge on any atom is 0.227 e. The summed E-state index contributed by atoms with van der Waals surface area (Å²) in [4.78, 5) is 10.9. The number of pyridine rings is 1. The first-order chi connectivity index (χ1) is 9.20. The lowest BCUT2D eigenvalue weighted by molar-refractivity contribution is 0.343. The number of hydrogen-bond acceptors (Lipinski definition) is 5. The molecule has 0 aliphatic carbocycles. The smallest absolute Gasteiger partial charge is 0.227 e. The van der Waals surface area contributed by atoms with Crippen molar-refractivity contribution in [2.75, 3.05) is 20.1 Å². The van der Waals surface area contributed by atoms with Crippen molar-refractivity contribution in [1.29, 1.82) is 0 Å². The molecule has 0 spiro atoms. The molecule has 1 aliphatic rings. The molecule has 0 bridgehead atoms. The maximum atomic E-state index is 5.33. The summed E-state index contributed by atoms with van der Waals surface area (Å²) in [5, 5.41) is 4.03. The summed E-state index contributed by atoms with van der Waals surface area (Å²) in [6, 6.07) is 1.94. The van der Waals surface area contributed by atoms with E-state index in [0.29, 0.717) is 11.7 Å². The van der Waals surface area contributed by atoms with Crippen molar-refractivity contribution >= 4 is 15.9 Å². The van der Waals surface area contributed by atoms with Crippen molar-refractivity contribution in [2.24, 2.45) is 5.92 Å². The SMILES string of the molecule is CN1CCC(Cc2nc(-c3cncc(Br)c3)no2)C1. The standard InChI is InChI=1S/C13H15BrN4O/c1-18-3-2-9(8-18)4-12-16-13(17-19-12)10-5-11(14)7-15-6-10/h5-7,9H,2-4,8H2,1H3. The molecule has 1 saturated heterocycles. The minimum Gasteiger partial charge on any atom is -0.339 e. The largest absolute Gasteiger partial charge is 0.339 e. The van der Waals surface area contributed by atoms with Gasteiger partial charge in [-0.05, 0) is 47.9 Å². The van der Waals surface area contributed by atoms with E-state index in [-0.39, 0.29) is 0 Å².